The number of aromatic nitrogens is 4. The van der Waals surface area contributed by atoms with Crippen LogP contribution in [0, 0.1) is 12.3 Å². The maximum absolute atomic E-state index is 13.4. The van der Waals surface area contributed by atoms with Gasteiger partial charge in [-0.2, -0.15) is 0 Å². The molecule has 0 N–H and O–H groups in total. The third-order valence-corrected chi connectivity index (χ3v) is 7.65. The van der Waals surface area contributed by atoms with E-state index in [-0.39, 0.29) is 11.2 Å². The molecule has 3 aromatic carbocycles. The maximum atomic E-state index is 13.4. The molecular formula is C28H24Cl2N4O. The van der Waals surface area contributed by atoms with Gasteiger partial charge in [0.05, 0.1) is 27.1 Å². The van der Waals surface area contributed by atoms with Crippen LogP contribution in [0.3, 0.4) is 0 Å². The van der Waals surface area contributed by atoms with Crippen LogP contribution in [-0.2, 0) is 13.0 Å². The number of hydrogen-bond donors (Lipinski definition) is 0. The van der Waals surface area contributed by atoms with Gasteiger partial charge in [0, 0.05) is 35.7 Å². The van der Waals surface area contributed by atoms with Gasteiger partial charge in [-0.15, -0.1) is 0 Å². The van der Waals surface area contributed by atoms with Crippen molar-refractivity contribution in [2.75, 3.05) is 0 Å². The SMILES string of the molecule is Cc1ccc2c(c1)nc1n2C[C@](C)(CC(=O)c2ccc(-n3cnc4cc(Cl)ccc43)cc2Cl)CC1. The number of nitrogens with zero attached hydrogens (tertiary/aromatic N) is 4. The Balaban J connectivity index is 1.26. The lowest BCUT2D eigenvalue weighted by atomic mass is 9.77. The molecule has 0 fully saturated rings. The van der Waals surface area contributed by atoms with Gasteiger partial charge < -0.3 is 4.57 Å². The summed E-state index contributed by atoms with van der Waals surface area (Å²) in [5, 5.41) is 1.09. The minimum absolute atomic E-state index is 0.0648. The summed E-state index contributed by atoms with van der Waals surface area (Å²) in [5.74, 6) is 1.17. The van der Waals surface area contributed by atoms with Crippen LogP contribution in [0.1, 0.15) is 41.5 Å². The molecule has 3 heterocycles. The number of rotatable bonds is 4. The molecule has 1 atom stereocenters. The normalized spacial score (nSPS) is 17.7. The Hall–Kier alpha value is -3.15. The van der Waals surface area contributed by atoms with Gasteiger partial charge >= 0.3 is 0 Å². The summed E-state index contributed by atoms with van der Waals surface area (Å²) in [4.78, 5) is 22.7. The predicted molar refractivity (Wildman–Crippen MR) is 141 cm³/mol. The van der Waals surface area contributed by atoms with E-state index in [2.05, 4.69) is 41.6 Å². The molecule has 1 aliphatic heterocycles. The van der Waals surface area contributed by atoms with E-state index in [4.69, 9.17) is 28.2 Å². The van der Waals surface area contributed by atoms with Gasteiger partial charge in [0.25, 0.3) is 0 Å². The number of carbonyl (C=O) groups excluding carboxylic acids is 1. The number of carbonyl (C=O) groups is 1. The zero-order chi connectivity index (χ0) is 24.3. The fraction of sp³-hybridized carbons (Fsp3) is 0.250. The van der Waals surface area contributed by atoms with Gasteiger partial charge in [-0.25, -0.2) is 9.97 Å². The largest absolute Gasteiger partial charge is 0.327 e. The molecule has 2 aromatic heterocycles. The van der Waals surface area contributed by atoms with Crippen molar-refractivity contribution in [2.45, 2.75) is 39.7 Å². The lowest BCUT2D eigenvalue weighted by molar-refractivity contribution is 0.0884. The van der Waals surface area contributed by atoms with Crippen molar-refractivity contribution in [1.82, 2.24) is 19.1 Å². The number of ketones is 1. The highest BCUT2D eigenvalue weighted by molar-refractivity contribution is 6.34. The number of Topliss-reactive ketones (excluding diaryl/α,β-unsaturated/α-hetero) is 1. The molecule has 0 spiro atoms. The molecule has 5 nitrogen and oxygen atoms in total. The van der Waals surface area contributed by atoms with E-state index in [9.17, 15) is 4.79 Å². The van der Waals surface area contributed by atoms with Crippen LogP contribution in [0.25, 0.3) is 27.8 Å². The average molecular weight is 503 g/mol. The molecule has 35 heavy (non-hydrogen) atoms. The zero-order valence-corrected chi connectivity index (χ0v) is 21.1. The first-order valence-electron chi connectivity index (χ1n) is 11.7. The van der Waals surface area contributed by atoms with Gasteiger partial charge in [0.15, 0.2) is 5.78 Å². The van der Waals surface area contributed by atoms with Gasteiger partial charge in [-0.05, 0) is 72.9 Å². The predicted octanol–water partition coefficient (Wildman–Crippen LogP) is 7.22. The first-order chi connectivity index (χ1) is 16.8. The molecule has 0 radical (unpaired) electrons. The van der Waals surface area contributed by atoms with E-state index >= 15 is 0 Å². The molecule has 0 saturated carbocycles. The van der Waals surface area contributed by atoms with E-state index in [0.717, 1.165) is 53.0 Å². The van der Waals surface area contributed by atoms with E-state index < -0.39 is 0 Å². The van der Waals surface area contributed by atoms with Crippen molar-refractivity contribution in [1.29, 1.82) is 0 Å². The third-order valence-electron chi connectivity index (χ3n) is 7.10. The summed E-state index contributed by atoms with van der Waals surface area (Å²) in [6.45, 7) is 5.05. The number of hydrogen-bond acceptors (Lipinski definition) is 3. The highest BCUT2D eigenvalue weighted by Crippen LogP contribution is 2.38. The molecule has 5 aromatic rings. The van der Waals surface area contributed by atoms with Crippen molar-refractivity contribution >= 4 is 51.1 Å². The first kappa shape index (κ1) is 22.3. The quantitative estimate of drug-likeness (QED) is 0.244. The average Bonchev–Trinajstić information content (AvgIpc) is 3.38. The molecular weight excluding hydrogens is 479 g/mol. The van der Waals surface area contributed by atoms with Crippen LogP contribution in [0.5, 0.6) is 0 Å². The molecule has 0 saturated heterocycles. The van der Waals surface area contributed by atoms with Crippen LogP contribution in [0.15, 0.2) is 60.9 Å². The third kappa shape index (κ3) is 3.93. The Morgan fingerprint density at radius 3 is 2.69 bits per heavy atom. The van der Waals surface area contributed by atoms with Crippen molar-refractivity contribution in [3.05, 3.63) is 87.9 Å². The summed E-state index contributed by atoms with van der Waals surface area (Å²) in [5.41, 5.74) is 6.36. The summed E-state index contributed by atoms with van der Waals surface area (Å²) in [6, 6.07) is 17.6. The van der Waals surface area contributed by atoms with E-state index in [1.807, 2.05) is 41.0 Å². The molecule has 0 amide bonds. The fourth-order valence-electron chi connectivity index (χ4n) is 5.23. The second-order valence-corrected chi connectivity index (χ2v) is 10.8. The summed E-state index contributed by atoms with van der Waals surface area (Å²) in [7, 11) is 0. The van der Waals surface area contributed by atoms with Crippen LogP contribution in [0.2, 0.25) is 10.0 Å². The summed E-state index contributed by atoms with van der Waals surface area (Å²) < 4.78 is 4.23. The number of fused-ring (bicyclic) bond motifs is 4. The minimum atomic E-state index is -0.162. The number of aryl methyl sites for hydroxylation is 2. The molecule has 6 rings (SSSR count). The van der Waals surface area contributed by atoms with E-state index in [0.29, 0.717) is 22.0 Å². The molecule has 0 bridgehead atoms. The first-order valence-corrected chi connectivity index (χ1v) is 12.5. The lowest BCUT2D eigenvalue weighted by Gasteiger charge is -2.34. The molecule has 0 aliphatic carbocycles. The van der Waals surface area contributed by atoms with Crippen LogP contribution >= 0.6 is 23.2 Å². The van der Waals surface area contributed by atoms with E-state index in [1.54, 1.807) is 6.33 Å². The second-order valence-electron chi connectivity index (χ2n) is 9.93. The topological polar surface area (TPSA) is 52.7 Å². The summed E-state index contributed by atoms with van der Waals surface area (Å²) in [6.07, 6.45) is 3.96. The number of halogens is 2. The van der Waals surface area contributed by atoms with Crippen LogP contribution < -0.4 is 0 Å². The Kier molecular flexibility index (Phi) is 5.24. The Morgan fingerprint density at radius 2 is 1.86 bits per heavy atom. The molecule has 0 unspecified atom stereocenters. The van der Waals surface area contributed by atoms with Crippen molar-refractivity contribution in [3.8, 4) is 5.69 Å². The Morgan fingerprint density at radius 1 is 1.03 bits per heavy atom. The van der Waals surface area contributed by atoms with Crippen molar-refractivity contribution < 1.29 is 4.79 Å². The van der Waals surface area contributed by atoms with Crippen LogP contribution in [0.4, 0.5) is 0 Å². The highest BCUT2D eigenvalue weighted by atomic mass is 35.5. The van der Waals surface area contributed by atoms with Gasteiger partial charge in [-0.3, -0.25) is 9.36 Å². The number of benzene rings is 3. The number of imidazole rings is 2. The standard InChI is InChI=1S/C28H24Cl2N4O/c1-17-3-7-25-23(11-17)32-27-9-10-28(2,15-33(25)27)14-26(35)20-6-5-19(13-21(20)30)34-16-31-22-12-18(29)4-8-24(22)34/h3-8,11-13,16H,9-10,14-15H2,1-2H3/t28-/m0/s1. The summed E-state index contributed by atoms with van der Waals surface area (Å²) >= 11 is 12.7. The monoisotopic (exact) mass is 502 g/mol. The highest BCUT2D eigenvalue weighted by Gasteiger charge is 2.34. The van der Waals surface area contributed by atoms with Crippen molar-refractivity contribution in [3.63, 3.8) is 0 Å². The van der Waals surface area contributed by atoms with Crippen LogP contribution in [-0.4, -0.2) is 24.9 Å². The smallest absolute Gasteiger partial charge is 0.164 e. The maximum Gasteiger partial charge on any atom is 0.164 e. The minimum Gasteiger partial charge on any atom is -0.327 e. The zero-order valence-electron chi connectivity index (χ0n) is 19.6. The molecule has 7 heteroatoms. The Bertz CT molecular complexity index is 1630. The van der Waals surface area contributed by atoms with E-state index in [1.165, 1.54) is 5.56 Å². The Labute approximate surface area is 213 Å². The van der Waals surface area contributed by atoms with Gasteiger partial charge in [0.1, 0.15) is 12.2 Å². The van der Waals surface area contributed by atoms with Gasteiger partial charge in [0.2, 0.25) is 0 Å². The van der Waals surface area contributed by atoms with Gasteiger partial charge in [-0.1, -0.05) is 36.2 Å². The molecule has 1 aliphatic rings. The fourth-order valence-corrected chi connectivity index (χ4v) is 5.68. The lowest BCUT2D eigenvalue weighted by Crippen LogP contribution is -2.32. The van der Waals surface area contributed by atoms with Crippen molar-refractivity contribution in [2.24, 2.45) is 5.41 Å². The molecule has 176 valence electrons. The second kappa shape index (κ2) is 8.21.